The second kappa shape index (κ2) is 6.14. The van der Waals surface area contributed by atoms with E-state index in [0.29, 0.717) is 0 Å². The van der Waals surface area contributed by atoms with Gasteiger partial charge >= 0.3 is 0 Å². The van der Waals surface area contributed by atoms with E-state index >= 15 is 0 Å². The van der Waals surface area contributed by atoms with Gasteiger partial charge in [0.15, 0.2) is 5.69 Å². The van der Waals surface area contributed by atoms with E-state index in [1.807, 2.05) is 6.20 Å². The van der Waals surface area contributed by atoms with E-state index < -0.39 is 0 Å². The minimum atomic E-state index is -0.00393. The van der Waals surface area contributed by atoms with Gasteiger partial charge in [-0.25, -0.2) is 4.57 Å². The Morgan fingerprint density at radius 2 is 1.81 bits per heavy atom. The zero-order chi connectivity index (χ0) is 19.3. The number of aryl methyl sites for hydroxylation is 1. The van der Waals surface area contributed by atoms with Crippen LogP contribution in [0.4, 0.5) is 0 Å². The summed E-state index contributed by atoms with van der Waals surface area (Å²) in [6, 6.07) is 4.55. The van der Waals surface area contributed by atoms with Crippen LogP contribution in [-0.2, 0) is 16.4 Å². The molecular weight excluding hydrogens is 318 g/mol. The Bertz CT molecular complexity index is 834. The molecule has 0 radical (unpaired) electrons. The molecular formula is C23H34N3+. The van der Waals surface area contributed by atoms with E-state index in [0.717, 1.165) is 30.7 Å². The van der Waals surface area contributed by atoms with Gasteiger partial charge in [0.1, 0.15) is 11.2 Å². The third kappa shape index (κ3) is 2.51. The Morgan fingerprint density at radius 1 is 1.12 bits per heavy atom. The summed E-state index contributed by atoms with van der Waals surface area (Å²) in [7, 11) is 0. The fourth-order valence-corrected chi connectivity index (χ4v) is 4.77. The van der Waals surface area contributed by atoms with E-state index in [1.165, 1.54) is 16.8 Å². The number of hydrogen-bond acceptors (Lipinski definition) is 2. The number of fused-ring (bicyclic) bond motifs is 3. The highest BCUT2D eigenvalue weighted by Crippen LogP contribution is 2.50. The summed E-state index contributed by atoms with van der Waals surface area (Å²) in [5, 5.41) is 0. The summed E-state index contributed by atoms with van der Waals surface area (Å²) >= 11 is 0. The Hall–Kier alpha value is -1.77. The summed E-state index contributed by atoms with van der Waals surface area (Å²) in [6.07, 6.45) is 7.45. The van der Waals surface area contributed by atoms with Gasteiger partial charge in [-0.1, -0.05) is 52.9 Å². The van der Waals surface area contributed by atoms with Crippen LogP contribution in [0.15, 0.2) is 24.7 Å². The van der Waals surface area contributed by atoms with Crippen molar-refractivity contribution in [2.45, 2.75) is 91.0 Å². The summed E-state index contributed by atoms with van der Waals surface area (Å²) in [5.74, 6) is 0. The lowest BCUT2D eigenvalue weighted by molar-refractivity contribution is -0.768. The Labute approximate surface area is 158 Å². The van der Waals surface area contributed by atoms with E-state index in [1.54, 1.807) is 0 Å². The number of aromatic nitrogens is 3. The van der Waals surface area contributed by atoms with Crippen LogP contribution in [0.25, 0.3) is 11.3 Å². The van der Waals surface area contributed by atoms with Crippen molar-refractivity contribution in [3.05, 3.63) is 41.6 Å². The fraction of sp³-hybridized carbons (Fsp3) is 0.609. The van der Waals surface area contributed by atoms with Gasteiger partial charge in [0, 0.05) is 34.4 Å². The molecule has 3 heteroatoms. The van der Waals surface area contributed by atoms with Crippen molar-refractivity contribution in [1.29, 1.82) is 0 Å². The molecule has 1 aliphatic rings. The quantitative estimate of drug-likeness (QED) is 0.708. The van der Waals surface area contributed by atoms with Crippen molar-refractivity contribution in [2.24, 2.45) is 0 Å². The number of pyridine rings is 1. The molecule has 3 nitrogen and oxygen atoms in total. The highest BCUT2D eigenvalue weighted by molar-refractivity contribution is 5.67. The molecule has 0 fully saturated rings. The topological polar surface area (TPSA) is 29.7 Å². The van der Waals surface area contributed by atoms with E-state index in [4.69, 9.17) is 4.98 Å². The second-order valence-electron chi connectivity index (χ2n) is 9.31. The molecule has 0 aliphatic carbocycles. The molecule has 0 aromatic carbocycles. The molecule has 3 rings (SSSR count). The molecule has 2 aromatic heterocycles. The van der Waals surface area contributed by atoms with Crippen molar-refractivity contribution in [1.82, 2.24) is 9.97 Å². The molecule has 0 spiro atoms. The lowest BCUT2D eigenvalue weighted by Gasteiger charge is -2.49. The van der Waals surface area contributed by atoms with Gasteiger partial charge in [-0.3, -0.25) is 4.98 Å². The van der Waals surface area contributed by atoms with Crippen molar-refractivity contribution in [2.75, 3.05) is 0 Å². The predicted octanol–water partition coefficient (Wildman–Crippen LogP) is 5.23. The highest BCUT2D eigenvalue weighted by Gasteiger charge is 2.54. The minimum Gasteiger partial charge on any atom is -0.261 e. The van der Waals surface area contributed by atoms with Gasteiger partial charge < -0.3 is 0 Å². The molecule has 3 heterocycles. The number of hydrogen-bond donors (Lipinski definition) is 0. The second-order valence-corrected chi connectivity index (χ2v) is 9.31. The molecule has 0 bridgehead atoms. The van der Waals surface area contributed by atoms with Crippen LogP contribution in [0.2, 0.25) is 0 Å². The van der Waals surface area contributed by atoms with Crippen LogP contribution >= 0.6 is 0 Å². The monoisotopic (exact) mass is 352 g/mol. The molecule has 0 saturated carbocycles. The maximum Gasteiger partial charge on any atom is 0.287 e. The smallest absolute Gasteiger partial charge is 0.261 e. The lowest BCUT2D eigenvalue weighted by atomic mass is 9.60. The highest BCUT2D eigenvalue weighted by atomic mass is 15.1. The largest absolute Gasteiger partial charge is 0.287 e. The van der Waals surface area contributed by atoms with Gasteiger partial charge in [0.2, 0.25) is 0 Å². The van der Waals surface area contributed by atoms with E-state index in [9.17, 15) is 0 Å². The minimum absolute atomic E-state index is 0.00393. The van der Waals surface area contributed by atoms with Crippen LogP contribution in [0.3, 0.4) is 0 Å². The molecule has 26 heavy (non-hydrogen) atoms. The fourth-order valence-electron chi connectivity index (χ4n) is 4.77. The average molecular weight is 353 g/mol. The van der Waals surface area contributed by atoms with Crippen LogP contribution in [0.1, 0.15) is 84.7 Å². The van der Waals surface area contributed by atoms with Gasteiger partial charge in [-0.15, -0.1) is 0 Å². The van der Waals surface area contributed by atoms with E-state index in [-0.39, 0.29) is 16.4 Å². The standard InChI is InChI=1S/C23H34N3/c1-9-12-23(8)22(7,10-2)17-11-13-24-16(3)20(17)18-14-19(21(4,5)6)25-15-26(18)23/h11,13-15H,9-10,12H2,1-8H3/q+1/t22?,23-/m1/s1. The predicted molar refractivity (Wildman–Crippen MR) is 107 cm³/mol. The first kappa shape index (κ1) is 19.0. The van der Waals surface area contributed by atoms with Gasteiger partial charge in [-0.05, 0) is 38.3 Å². The van der Waals surface area contributed by atoms with Gasteiger partial charge in [0.05, 0.1) is 0 Å². The molecule has 1 unspecified atom stereocenters. The Balaban J connectivity index is 2.43. The summed E-state index contributed by atoms with van der Waals surface area (Å²) in [4.78, 5) is 9.53. The molecule has 2 aromatic rings. The first-order valence-electron chi connectivity index (χ1n) is 9.99. The number of rotatable bonds is 3. The van der Waals surface area contributed by atoms with Crippen molar-refractivity contribution in [3.63, 3.8) is 0 Å². The molecule has 0 N–H and O–H groups in total. The molecule has 140 valence electrons. The zero-order valence-corrected chi connectivity index (χ0v) is 17.8. The van der Waals surface area contributed by atoms with E-state index in [2.05, 4.69) is 83.4 Å². The molecule has 2 atom stereocenters. The zero-order valence-electron chi connectivity index (χ0n) is 17.8. The van der Waals surface area contributed by atoms with Crippen LogP contribution in [-0.4, -0.2) is 9.97 Å². The first-order chi connectivity index (χ1) is 12.1. The van der Waals surface area contributed by atoms with Crippen molar-refractivity contribution < 1.29 is 4.57 Å². The molecule has 0 amide bonds. The third-order valence-electron chi connectivity index (χ3n) is 6.77. The number of nitrogens with zero attached hydrogens (tertiary/aromatic N) is 3. The van der Waals surface area contributed by atoms with Gasteiger partial charge in [-0.2, -0.15) is 0 Å². The maximum absolute atomic E-state index is 4.89. The SMILES string of the molecule is CCC[C@@]1(C)[n+]2cnc(C(C)(C)C)cc2-c2c(ccnc2C)C1(C)CC. The Morgan fingerprint density at radius 3 is 2.38 bits per heavy atom. The summed E-state index contributed by atoms with van der Waals surface area (Å²) < 4.78 is 2.45. The van der Waals surface area contributed by atoms with Crippen molar-refractivity contribution >= 4 is 0 Å². The first-order valence-corrected chi connectivity index (χ1v) is 9.99. The summed E-state index contributed by atoms with van der Waals surface area (Å²) in [6.45, 7) is 18.3. The Kier molecular flexibility index (Phi) is 4.49. The van der Waals surface area contributed by atoms with Crippen molar-refractivity contribution in [3.8, 4) is 11.3 Å². The lowest BCUT2D eigenvalue weighted by Crippen LogP contribution is -2.68. The summed E-state index contributed by atoms with van der Waals surface area (Å²) in [5.41, 5.74) is 6.33. The normalized spacial score (nSPS) is 24.9. The maximum atomic E-state index is 4.89. The van der Waals surface area contributed by atoms with Gasteiger partial charge in [0.25, 0.3) is 6.33 Å². The third-order valence-corrected chi connectivity index (χ3v) is 6.77. The molecule has 1 aliphatic heterocycles. The van der Waals surface area contributed by atoms with Crippen LogP contribution in [0.5, 0.6) is 0 Å². The van der Waals surface area contributed by atoms with Crippen LogP contribution < -0.4 is 4.57 Å². The average Bonchev–Trinajstić information content (AvgIpc) is 2.58. The van der Waals surface area contributed by atoms with Crippen LogP contribution in [0, 0.1) is 6.92 Å². The molecule has 0 saturated heterocycles.